The average molecular weight is 433 g/mol. The van der Waals surface area contributed by atoms with Gasteiger partial charge in [-0.15, -0.1) is 0 Å². The Morgan fingerprint density at radius 3 is 2.22 bits per heavy atom. The number of aromatic nitrogens is 2. The molecular weight excluding hydrogens is 412 g/mol. The maximum absolute atomic E-state index is 12.9. The molecule has 0 spiro atoms. The number of sulfonamides is 2. The Morgan fingerprint density at radius 1 is 1.11 bits per heavy atom. The van der Waals surface area contributed by atoms with E-state index in [1.807, 2.05) is 0 Å². The van der Waals surface area contributed by atoms with Gasteiger partial charge in [0.2, 0.25) is 20.0 Å². The van der Waals surface area contributed by atoms with Crippen LogP contribution in [0.15, 0.2) is 40.1 Å². The van der Waals surface area contributed by atoms with Crippen LogP contribution < -0.4 is 4.72 Å². The number of hydrogen-bond donors (Lipinski definition) is 1. The zero-order valence-corrected chi connectivity index (χ0v) is 17.4. The van der Waals surface area contributed by atoms with Gasteiger partial charge in [0.1, 0.15) is 10.0 Å². The molecular formula is C16H21ClN4O4S2. The van der Waals surface area contributed by atoms with Crippen molar-refractivity contribution >= 4 is 31.6 Å². The van der Waals surface area contributed by atoms with E-state index in [1.165, 1.54) is 21.1 Å². The third-order valence-corrected chi connectivity index (χ3v) is 8.66. The number of hydrogen-bond acceptors (Lipinski definition) is 5. The molecule has 2 aromatic rings. The van der Waals surface area contributed by atoms with Crippen LogP contribution in [-0.2, 0) is 27.1 Å². The first-order valence-electron chi connectivity index (χ1n) is 8.39. The van der Waals surface area contributed by atoms with Crippen LogP contribution in [0.4, 0.5) is 0 Å². The zero-order chi connectivity index (χ0) is 19.8. The Bertz CT molecular complexity index is 1030. The van der Waals surface area contributed by atoms with E-state index < -0.39 is 20.0 Å². The molecule has 0 unspecified atom stereocenters. The van der Waals surface area contributed by atoms with Crippen molar-refractivity contribution in [3.05, 3.63) is 41.2 Å². The second-order valence-electron chi connectivity index (χ2n) is 6.44. The second kappa shape index (κ2) is 7.51. The van der Waals surface area contributed by atoms with Crippen molar-refractivity contribution in [1.82, 2.24) is 18.8 Å². The van der Waals surface area contributed by atoms with Crippen molar-refractivity contribution in [1.29, 1.82) is 0 Å². The van der Waals surface area contributed by atoms with Gasteiger partial charge >= 0.3 is 0 Å². The topological polar surface area (TPSA) is 101 Å². The predicted molar refractivity (Wildman–Crippen MR) is 101 cm³/mol. The van der Waals surface area contributed by atoms with Crippen LogP contribution in [0.2, 0.25) is 5.15 Å². The smallest absolute Gasteiger partial charge is 0.248 e. The molecule has 27 heavy (non-hydrogen) atoms. The van der Waals surface area contributed by atoms with Gasteiger partial charge in [0, 0.05) is 26.2 Å². The van der Waals surface area contributed by atoms with Crippen LogP contribution in [0.3, 0.4) is 0 Å². The number of nitrogens with one attached hydrogen (secondary N) is 1. The van der Waals surface area contributed by atoms with E-state index in [1.54, 1.807) is 32.2 Å². The molecule has 1 aromatic heterocycles. The summed E-state index contributed by atoms with van der Waals surface area (Å²) in [6, 6.07) is 7.78. The molecule has 11 heteroatoms. The van der Waals surface area contributed by atoms with Crippen LogP contribution in [0.1, 0.15) is 18.5 Å². The molecule has 3 rings (SSSR count). The summed E-state index contributed by atoms with van der Waals surface area (Å²) in [5.74, 6) is 0. The Balaban J connectivity index is 1.70. The normalized spacial score (nSPS) is 17.3. The van der Waals surface area contributed by atoms with Gasteiger partial charge in [0.05, 0.1) is 10.6 Å². The largest absolute Gasteiger partial charge is 0.255 e. The van der Waals surface area contributed by atoms with E-state index in [9.17, 15) is 16.8 Å². The summed E-state index contributed by atoms with van der Waals surface area (Å²) in [4.78, 5) is 0.202. The first kappa shape index (κ1) is 20.3. The van der Waals surface area contributed by atoms with E-state index in [2.05, 4.69) is 9.82 Å². The molecule has 1 N–H and O–H groups in total. The summed E-state index contributed by atoms with van der Waals surface area (Å²) < 4.78 is 56.0. The fraction of sp³-hybridized carbons (Fsp3) is 0.438. The molecule has 0 radical (unpaired) electrons. The fourth-order valence-electron chi connectivity index (χ4n) is 3.13. The molecule has 0 aliphatic carbocycles. The van der Waals surface area contributed by atoms with Crippen LogP contribution in [0, 0.1) is 6.92 Å². The number of halogens is 1. The third-order valence-electron chi connectivity index (χ3n) is 4.53. The molecule has 1 saturated heterocycles. The molecule has 2 heterocycles. The van der Waals surface area contributed by atoms with Gasteiger partial charge in [0.25, 0.3) is 0 Å². The predicted octanol–water partition coefficient (Wildman–Crippen LogP) is 1.51. The summed E-state index contributed by atoms with van der Waals surface area (Å²) in [7, 11) is -5.83. The Hall–Kier alpha value is -1.46. The summed E-state index contributed by atoms with van der Waals surface area (Å²) in [5.41, 5.74) is 0.342. The van der Waals surface area contributed by atoms with Crippen LogP contribution >= 0.6 is 11.6 Å². The number of nitrogens with zero attached hydrogens (tertiary/aromatic N) is 3. The monoisotopic (exact) mass is 432 g/mol. The van der Waals surface area contributed by atoms with Gasteiger partial charge in [-0.2, -0.15) is 9.40 Å². The lowest BCUT2D eigenvalue weighted by Crippen LogP contribution is -2.46. The summed E-state index contributed by atoms with van der Waals surface area (Å²) in [5, 5.41) is 4.12. The van der Waals surface area contributed by atoms with E-state index in [4.69, 9.17) is 11.6 Å². The molecule has 1 aliphatic heterocycles. The number of aryl methyl sites for hydroxylation is 2. The minimum Gasteiger partial charge on any atom is -0.255 e. The van der Waals surface area contributed by atoms with Crippen molar-refractivity contribution in [3.8, 4) is 0 Å². The maximum atomic E-state index is 12.9. The van der Waals surface area contributed by atoms with E-state index >= 15 is 0 Å². The highest BCUT2D eigenvalue weighted by atomic mass is 35.5. The fourth-order valence-corrected chi connectivity index (χ4v) is 6.64. The van der Waals surface area contributed by atoms with Crippen molar-refractivity contribution in [2.24, 2.45) is 7.05 Å². The van der Waals surface area contributed by atoms with Crippen molar-refractivity contribution < 1.29 is 16.8 Å². The highest BCUT2D eigenvalue weighted by Gasteiger charge is 2.35. The zero-order valence-electron chi connectivity index (χ0n) is 15.0. The van der Waals surface area contributed by atoms with Gasteiger partial charge in [-0.3, -0.25) is 4.68 Å². The standard InChI is InChI=1S/C16H21ClN4O4S2/c1-12-15(16(17)20(2)18-12)27(24,25)21-10-8-13(9-11-21)19-26(22,23)14-6-4-3-5-7-14/h3-7,13,19H,8-11H2,1-2H3. The molecule has 0 amide bonds. The quantitative estimate of drug-likeness (QED) is 0.771. The third kappa shape index (κ3) is 4.04. The van der Waals surface area contributed by atoms with Gasteiger partial charge in [-0.25, -0.2) is 21.6 Å². The van der Waals surface area contributed by atoms with Crippen LogP contribution in [0.5, 0.6) is 0 Å². The van der Waals surface area contributed by atoms with Crippen molar-refractivity contribution in [3.63, 3.8) is 0 Å². The molecule has 1 aliphatic rings. The van der Waals surface area contributed by atoms with E-state index in [0.29, 0.717) is 18.5 Å². The van der Waals surface area contributed by atoms with Crippen LogP contribution in [0.25, 0.3) is 0 Å². The molecule has 148 valence electrons. The first-order valence-corrected chi connectivity index (χ1v) is 11.7. The molecule has 0 bridgehead atoms. The highest BCUT2D eigenvalue weighted by molar-refractivity contribution is 7.89. The molecule has 0 saturated carbocycles. The molecule has 8 nitrogen and oxygen atoms in total. The molecule has 0 atom stereocenters. The van der Waals surface area contributed by atoms with Gasteiger partial charge in [-0.05, 0) is 31.9 Å². The van der Waals surface area contributed by atoms with Gasteiger partial charge in [-0.1, -0.05) is 29.8 Å². The summed E-state index contributed by atoms with van der Waals surface area (Å²) >= 11 is 6.10. The minimum absolute atomic E-state index is 0.00924. The number of benzene rings is 1. The molecule has 1 fully saturated rings. The summed E-state index contributed by atoms with van der Waals surface area (Å²) in [6.45, 7) is 2.00. The highest BCUT2D eigenvalue weighted by Crippen LogP contribution is 2.29. The Morgan fingerprint density at radius 2 is 1.70 bits per heavy atom. The summed E-state index contributed by atoms with van der Waals surface area (Å²) in [6.07, 6.45) is 0.754. The number of rotatable bonds is 5. The van der Waals surface area contributed by atoms with E-state index in [0.717, 1.165) is 0 Å². The molecule has 1 aromatic carbocycles. The van der Waals surface area contributed by atoms with Crippen molar-refractivity contribution in [2.75, 3.05) is 13.1 Å². The lowest BCUT2D eigenvalue weighted by atomic mass is 10.1. The van der Waals surface area contributed by atoms with Gasteiger partial charge in [0.15, 0.2) is 0 Å². The maximum Gasteiger partial charge on any atom is 0.248 e. The number of piperidine rings is 1. The van der Waals surface area contributed by atoms with Gasteiger partial charge < -0.3 is 0 Å². The second-order valence-corrected chi connectivity index (χ2v) is 10.4. The van der Waals surface area contributed by atoms with Crippen LogP contribution in [-0.4, -0.2) is 50.1 Å². The van der Waals surface area contributed by atoms with E-state index in [-0.39, 0.29) is 34.1 Å². The lowest BCUT2D eigenvalue weighted by Gasteiger charge is -2.31. The SMILES string of the molecule is Cc1nn(C)c(Cl)c1S(=O)(=O)N1CCC(NS(=O)(=O)c2ccccc2)CC1. The first-order chi connectivity index (χ1) is 12.6. The van der Waals surface area contributed by atoms with Crippen molar-refractivity contribution in [2.45, 2.75) is 35.6 Å². The Labute approximate surface area is 164 Å². The average Bonchev–Trinajstić information content (AvgIpc) is 2.88. The minimum atomic E-state index is -3.78. The lowest BCUT2D eigenvalue weighted by molar-refractivity contribution is 0.308. The Kier molecular flexibility index (Phi) is 5.64.